The number of thiazole rings is 1. The lowest BCUT2D eigenvalue weighted by Gasteiger charge is -2.08. The Labute approximate surface area is 158 Å². The summed E-state index contributed by atoms with van der Waals surface area (Å²) in [6.45, 7) is 8.76. The molecule has 1 N–H and O–H groups in total. The van der Waals surface area contributed by atoms with Crippen LogP contribution in [0, 0.1) is 6.92 Å². The zero-order valence-electron chi connectivity index (χ0n) is 15.6. The van der Waals surface area contributed by atoms with Crippen LogP contribution in [-0.2, 0) is 13.0 Å². The molecule has 3 aromatic rings. The van der Waals surface area contributed by atoms with Crippen molar-refractivity contribution in [3.63, 3.8) is 0 Å². The van der Waals surface area contributed by atoms with Crippen molar-refractivity contribution in [1.82, 2.24) is 20.1 Å². The minimum absolute atomic E-state index is 0.112. The third-order valence-corrected chi connectivity index (χ3v) is 5.41. The smallest absolute Gasteiger partial charge is 0.255 e. The van der Waals surface area contributed by atoms with Crippen LogP contribution in [0.3, 0.4) is 0 Å². The van der Waals surface area contributed by atoms with Crippen molar-refractivity contribution in [3.8, 4) is 5.69 Å². The van der Waals surface area contributed by atoms with Gasteiger partial charge in [0.05, 0.1) is 40.4 Å². The van der Waals surface area contributed by atoms with Crippen molar-refractivity contribution in [2.24, 2.45) is 0 Å². The molecule has 0 aliphatic carbocycles. The molecule has 0 bridgehead atoms. The predicted octanol–water partition coefficient (Wildman–Crippen LogP) is 4.25. The molecule has 0 fully saturated rings. The Balaban J connectivity index is 1.75. The van der Waals surface area contributed by atoms with E-state index in [4.69, 9.17) is 0 Å². The maximum Gasteiger partial charge on any atom is 0.255 e. The summed E-state index contributed by atoms with van der Waals surface area (Å²) in [5.41, 5.74) is 4.59. The van der Waals surface area contributed by atoms with Gasteiger partial charge in [0.15, 0.2) is 0 Å². The first kappa shape index (κ1) is 18.3. The van der Waals surface area contributed by atoms with E-state index in [1.54, 1.807) is 17.5 Å². The van der Waals surface area contributed by atoms with Gasteiger partial charge in [-0.25, -0.2) is 9.67 Å². The fourth-order valence-electron chi connectivity index (χ4n) is 2.75. The van der Waals surface area contributed by atoms with Crippen LogP contribution in [0.2, 0.25) is 0 Å². The lowest BCUT2D eigenvalue weighted by atomic mass is 10.1. The molecule has 0 saturated carbocycles. The second-order valence-corrected chi connectivity index (χ2v) is 7.51. The number of carbonyl (C=O) groups is 1. The monoisotopic (exact) mass is 368 g/mol. The quantitative estimate of drug-likeness (QED) is 0.707. The molecule has 5 nitrogen and oxygen atoms in total. The largest absolute Gasteiger partial charge is 0.346 e. The topological polar surface area (TPSA) is 59.8 Å². The summed E-state index contributed by atoms with van der Waals surface area (Å²) < 4.78 is 1.84. The van der Waals surface area contributed by atoms with Gasteiger partial charge >= 0.3 is 0 Å². The Morgan fingerprint density at radius 1 is 1.27 bits per heavy atom. The van der Waals surface area contributed by atoms with Crippen LogP contribution in [0.4, 0.5) is 0 Å². The molecular formula is C20H24N4OS. The van der Waals surface area contributed by atoms with Gasteiger partial charge in [-0.2, -0.15) is 5.10 Å². The van der Waals surface area contributed by atoms with Crippen LogP contribution in [0.5, 0.6) is 0 Å². The number of aryl methyl sites for hydroxylation is 1. The van der Waals surface area contributed by atoms with Gasteiger partial charge < -0.3 is 5.32 Å². The first-order chi connectivity index (χ1) is 12.5. The summed E-state index contributed by atoms with van der Waals surface area (Å²) in [7, 11) is 0. The molecule has 0 atom stereocenters. The Morgan fingerprint density at radius 3 is 2.62 bits per heavy atom. The minimum Gasteiger partial charge on any atom is -0.346 e. The molecule has 3 rings (SSSR count). The van der Waals surface area contributed by atoms with Gasteiger partial charge in [-0.15, -0.1) is 11.3 Å². The number of nitrogens with zero attached hydrogens (tertiary/aromatic N) is 3. The number of hydrogen-bond acceptors (Lipinski definition) is 4. The highest BCUT2D eigenvalue weighted by Gasteiger charge is 2.17. The molecule has 1 amide bonds. The molecule has 0 radical (unpaired) electrons. The van der Waals surface area contributed by atoms with Crippen LogP contribution in [0.25, 0.3) is 5.69 Å². The molecule has 136 valence electrons. The molecule has 0 aliphatic rings. The third-order valence-electron chi connectivity index (χ3n) is 4.22. The average molecular weight is 369 g/mol. The summed E-state index contributed by atoms with van der Waals surface area (Å²) in [6, 6.07) is 8.13. The van der Waals surface area contributed by atoms with Crippen LogP contribution in [0.1, 0.15) is 59.0 Å². The lowest BCUT2D eigenvalue weighted by molar-refractivity contribution is 0.0949. The first-order valence-corrected chi connectivity index (χ1v) is 9.74. The van der Waals surface area contributed by atoms with Gasteiger partial charge in [-0.05, 0) is 25.5 Å². The second-order valence-electron chi connectivity index (χ2n) is 6.62. The van der Waals surface area contributed by atoms with E-state index in [-0.39, 0.29) is 5.91 Å². The summed E-state index contributed by atoms with van der Waals surface area (Å²) >= 11 is 1.64. The molecule has 6 heteroatoms. The molecule has 0 saturated heterocycles. The number of hydrogen-bond donors (Lipinski definition) is 1. The highest BCUT2D eigenvalue weighted by atomic mass is 32.1. The standard InChI is InChI=1S/C20H24N4OS/c1-5-18-17(11-22-24(18)16-8-6-14(4)7-9-16)19(25)21-10-15-12-26-20(23-15)13(2)3/h6-9,11-13H,5,10H2,1-4H3,(H,21,25). The first-order valence-electron chi connectivity index (χ1n) is 8.86. The van der Waals surface area contributed by atoms with Crippen molar-refractivity contribution in [1.29, 1.82) is 0 Å². The van der Waals surface area contributed by atoms with Crippen molar-refractivity contribution in [3.05, 3.63) is 63.4 Å². The van der Waals surface area contributed by atoms with Crippen LogP contribution in [0.15, 0.2) is 35.8 Å². The summed E-state index contributed by atoms with van der Waals surface area (Å²) in [4.78, 5) is 17.2. The van der Waals surface area contributed by atoms with Crippen LogP contribution < -0.4 is 5.32 Å². The van der Waals surface area contributed by atoms with Gasteiger partial charge in [0.1, 0.15) is 0 Å². The summed E-state index contributed by atoms with van der Waals surface area (Å²) in [6.07, 6.45) is 2.37. The van der Waals surface area contributed by atoms with E-state index in [1.165, 1.54) is 5.56 Å². The molecule has 2 aromatic heterocycles. The Hall–Kier alpha value is -2.47. The number of amides is 1. The van der Waals surface area contributed by atoms with Crippen molar-refractivity contribution in [2.45, 2.75) is 46.6 Å². The van der Waals surface area contributed by atoms with Crippen LogP contribution in [-0.4, -0.2) is 20.7 Å². The number of carbonyl (C=O) groups excluding carboxylic acids is 1. The average Bonchev–Trinajstić information content (AvgIpc) is 3.27. The molecule has 0 spiro atoms. The van der Waals surface area contributed by atoms with E-state index in [9.17, 15) is 4.79 Å². The van der Waals surface area contributed by atoms with E-state index < -0.39 is 0 Å². The fourth-order valence-corrected chi connectivity index (χ4v) is 3.58. The minimum atomic E-state index is -0.112. The highest BCUT2D eigenvalue weighted by Crippen LogP contribution is 2.20. The number of nitrogens with one attached hydrogen (secondary N) is 1. The highest BCUT2D eigenvalue weighted by molar-refractivity contribution is 7.09. The molecule has 26 heavy (non-hydrogen) atoms. The lowest BCUT2D eigenvalue weighted by Crippen LogP contribution is -2.24. The maximum absolute atomic E-state index is 12.6. The van der Waals surface area contributed by atoms with E-state index in [0.29, 0.717) is 18.0 Å². The van der Waals surface area contributed by atoms with Gasteiger partial charge in [-0.3, -0.25) is 4.79 Å². The number of rotatable bonds is 6. The zero-order valence-corrected chi connectivity index (χ0v) is 16.4. The van der Waals surface area contributed by atoms with E-state index >= 15 is 0 Å². The van der Waals surface area contributed by atoms with Crippen LogP contribution >= 0.6 is 11.3 Å². The molecule has 0 unspecified atom stereocenters. The summed E-state index contributed by atoms with van der Waals surface area (Å²) in [5.74, 6) is 0.295. The van der Waals surface area contributed by atoms with Gasteiger partial charge in [0.2, 0.25) is 0 Å². The summed E-state index contributed by atoms with van der Waals surface area (Å²) in [5, 5.41) is 10.5. The Morgan fingerprint density at radius 2 is 2.00 bits per heavy atom. The predicted molar refractivity (Wildman–Crippen MR) is 105 cm³/mol. The Bertz CT molecular complexity index is 893. The van der Waals surface area contributed by atoms with E-state index in [2.05, 4.69) is 36.2 Å². The molecular weight excluding hydrogens is 344 g/mol. The molecule has 1 aromatic carbocycles. The molecule has 2 heterocycles. The number of aromatic nitrogens is 3. The SMILES string of the molecule is CCc1c(C(=O)NCc2csc(C(C)C)n2)cnn1-c1ccc(C)cc1. The second kappa shape index (κ2) is 7.83. The van der Waals surface area contributed by atoms with E-state index in [1.807, 2.05) is 41.3 Å². The third kappa shape index (κ3) is 3.85. The van der Waals surface area contributed by atoms with Gasteiger partial charge in [0, 0.05) is 11.3 Å². The normalized spacial score (nSPS) is 11.1. The Kier molecular flexibility index (Phi) is 5.52. The maximum atomic E-state index is 12.6. The van der Waals surface area contributed by atoms with Crippen molar-refractivity contribution >= 4 is 17.2 Å². The van der Waals surface area contributed by atoms with E-state index in [0.717, 1.165) is 28.5 Å². The van der Waals surface area contributed by atoms with Crippen molar-refractivity contribution < 1.29 is 4.79 Å². The zero-order chi connectivity index (χ0) is 18.7. The van der Waals surface area contributed by atoms with Gasteiger partial charge in [-0.1, -0.05) is 38.5 Å². The number of benzene rings is 1. The van der Waals surface area contributed by atoms with Gasteiger partial charge in [0.25, 0.3) is 5.91 Å². The fraction of sp³-hybridized carbons (Fsp3) is 0.350. The molecule has 0 aliphatic heterocycles. The van der Waals surface area contributed by atoms with Crippen molar-refractivity contribution in [2.75, 3.05) is 0 Å².